The Kier molecular flexibility index (Phi) is 4.40. The molecule has 5 nitrogen and oxygen atoms in total. The Morgan fingerprint density at radius 1 is 1.35 bits per heavy atom. The largest absolute Gasteiger partial charge is 0.480 e. The van der Waals surface area contributed by atoms with Crippen molar-refractivity contribution in [2.75, 3.05) is 6.61 Å². The fourth-order valence-electron chi connectivity index (χ4n) is 2.52. The fraction of sp³-hybridized carbons (Fsp3) is 0.333. The van der Waals surface area contributed by atoms with Crippen LogP contribution in [0.4, 0.5) is 4.79 Å². The molecule has 5 heteroatoms. The zero-order valence-electron chi connectivity index (χ0n) is 11.1. The lowest BCUT2D eigenvalue weighted by Crippen LogP contribution is -2.42. The topological polar surface area (TPSA) is 66.8 Å². The van der Waals surface area contributed by atoms with E-state index in [9.17, 15) is 14.7 Å². The van der Waals surface area contributed by atoms with E-state index < -0.39 is 18.1 Å². The lowest BCUT2D eigenvalue weighted by molar-refractivity contribution is -0.142. The summed E-state index contributed by atoms with van der Waals surface area (Å²) < 4.78 is 5.01. The molecule has 1 fully saturated rings. The SMILES string of the molecule is C=CCOC(=O)N1[C@H](C(=O)O)CC[C@H]1c1ccccc1. The molecular formula is C15H17NO4. The molecule has 0 radical (unpaired) electrons. The molecule has 20 heavy (non-hydrogen) atoms. The number of nitrogens with zero attached hydrogens (tertiary/aromatic N) is 1. The van der Waals surface area contributed by atoms with Crippen LogP contribution in [0.5, 0.6) is 0 Å². The van der Waals surface area contributed by atoms with E-state index in [0.717, 1.165) is 5.56 Å². The first-order valence-corrected chi connectivity index (χ1v) is 6.49. The van der Waals surface area contributed by atoms with Crippen LogP contribution >= 0.6 is 0 Å². The zero-order chi connectivity index (χ0) is 14.5. The second-order valence-corrected chi connectivity index (χ2v) is 4.63. The minimum atomic E-state index is -1.00. The molecule has 1 aliphatic heterocycles. The molecular weight excluding hydrogens is 258 g/mol. The highest BCUT2D eigenvalue weighted by molar-refractivity contribution is 5.81. The molecule has 2 atom stereocenters. The zero-order valence-corrected chi connectivity index (χ0v) is 11.1. The van der Waals surface area contributed by atoms with Crippen molar-refractivity contribution in [1.29, 1.82) is 0 Å². The van der Waals surface area contributed by atoms with Crippen LogP contribution < -0.4 is 0 Å². The van der Waals surface area contributed by atoms with Crippen molar-refractivity contribution in [2.45, 2.75) is 24.9 Å². The Morgan fingerprint density at radius 2 is 2.05 bits per heavy atom. The first-order valence-electron chi connectivity index (χ1n) is 6.49. The van der Waals surface area contributed by atoms with Gasteiger partial charge >= 0.3 is 12.1 Å². The van der Waals surface area contributed by atoms with E-state index in [0.29, 0.717) is 12.8 Å². The van der Waals surface area contributed by atoms with Gasteiger partial charge in [0.2, 0.25) is 0 Å². The van der Waals surface area contributed by atoms with Crippen LogP contribution in [0.25, 0.3) is 0 Å². The molecule has 0 saturated carbocycles. The Morgan fingerprint density at radius 3 is 2.65 bits per heavy atom. The molecule has 1 aromatic rings. The Labute approximate surface area is 117 Å². The third kappa shape index (κ3) is 2.82. The summed E-state index contributed by atoms with van der Waals surface area (Å²) in [4.78, 5) is 24.7. The standard InChI is InChI=1S/C15H17NO4/c1-2-10-20-15(19)16-12(8-9-13(16)14(17)18)11-6-4-3-5-7-11/h2-7,12-13H,1,8-10H2,(H,17,18)/t12-,13-/m0/s1. The quantitative estimate of drug-likeness (QED) is 0.858. The van der Waals surface area contributed by atoms with Crippen molar-refractivity contribution in [1.82, 2.24) is 4.90 Å². The van der Waals surface area contributed by atoms with Crippen molar-refractivity contribution in [3.8, 4) is 0 Å². The number of rotatable bonds is 4. The van der Waals surface area contributed by atoms with Gasteiger partial charge in [-0.15, -0.1) is 0 Å². The third-order valence-corrected chi connectivity index (χ3v) is 3.39. The molecule has 1 heterocycles. The van der Waals surface area contributed by atoms with Crippen molar-refractivity contribution in [3.63, 3.8) is 0 Å². The monoisotopic (exact) mass is 275 g/mol. The molecule has 0 bridgehead atoms. The summed E-state index contributed by atoms with van der Waals surface area (Å²) in [5, 5.41) is 9.25. The van der Waals surface area contributed by atoms with Crippen LogP contribution in [-0.2, 0) is 9.53 Å². The van der Waals surface area contributed by atoms with E-state index in [1.54, 1.807) is 0 Å². The lowest BCUT2D eigenvalue weighted by atomic mass is 10.1. The van der Waals surface area contributed by atoms with Crippen LogP contribution in [0.1, 0.15) is 24.4 Å². The predicted molar refractivity (Wildman–Crippen MR) is 73.2 cm³/mol. The van der Waals surface area contributed by atoms with Gasteiger partial charge in [-0.1, -0.05) is 43.0 Å². The van der Waals surface area contributed by atoms with Gasteiger partial charge in [-0.2, -0.15) is 0 Å². The first kappa shape index (κ1) is 14.1. The van der Waals surface area contributed by atoms with Crippen LogP contribution in [0.2, 0.25) is 0 Å². The molecule has 1 aliphatic rings. The van der Waals surface area contributed by atoms with Gasteiger partial charge in [0.05, 0.1) is 6.04 Å². The number of aliphatic carboxylic acids is 1. The van der Waals surface area contributed by atoms with E-state index in [2.05, 4.69) is 6.58 Å². The average molecular weight is 275 g/mol. The Bertz CT molecular complexity index is 500. The summed E-state index contributed by atoms with van der Waals surface area (Å²) >= 11 is 0. The molecule has 0 spiro atoms. The normalized spacial score (nSPS) is 21.5. The summed E-state index contributed by atoms with van der Waals surface area (Å²) in [6.07, 6.45) is 1.90. The van der Waals surface area contributed by atoms with Crippen molar-refractivity contribution in [2.24, 2.45) is 0 Å². The second-order valence-electron chi connectivity index (χ2n) is 4.63. The van der Waals surface area contributed by atoms with Gasteiger partial charge in [0.15, 0.2) is 0 Å². The third-order valence-electron chi connectivity index (χ3n) is 3.39. The maximum absolute atomic E-state index is 12.1. The molecule has 0 aromatic heterocycles. The van der Waals surface area contributed by atoms with Crippen molar-refractivity contribution < 1.29 is 19.4 Å². The molecule has 1 aromatic carbocycles. The summed E-state index contributed by atoms with van der Waals surface area (Å²) in [5.41, 5.74) is 0.923. The van der Waals surface area contributed by atoms with E-state index >= 15 is 0 Å². The molecule has 1 N–H and O–H groups in total. The predicted octanol–water partition coefficient (Wildman–Crippen LogP) is 2.60. The number of ether oxygens (including phenoxy) is 1. The smallest absolute Gasteiger partial charge is 0.411 e. The van der Waals surface area contributed by atoms with E-state index in [-0.39, 0.29) is 12.6 Å². The van der Waals surface area contributed by atoms with Gasteiger partial charge in [-0.25, -0.2) is 9.59 Å². The van der Waals surface area contributed by atoms with Gasteiger partial charge in [0.25, 0.3) is 0 Å². The maximum Gasteiger partial charge on any atom is 0.411 e. The van der Waals surface area contributed by atoms with Gasteiger partial charge < -0.3 is 9.84 Å². The minimum Gasteiger partial charge on any atom is -0.480 e. The number of amides is 1. The molecule has 2 rings (SSSR count). The number of carboxylic acids is 1. The maximum atomic E-state index is 12.1. The number of likely N-dealkylation sites (tertiary alicyclic amines) is 1. The van der Waals surface area contributed by atoms with Crippen LogP contribution in [0.15, 0.2) is 43.0 Å². The van der Waals surface area contributed by atoms with Crippen LogP contribution in [-0.4, -0.2) is 34.7 Å². The minimum absolute atomic E-state index is 0.0726. The van der Waals surface area contributed by atoms with E-state index in [4.69, 9.17) is 4.74 Å². The first-order chi connectivity index (χ1) is 9.65. The van der Waals surface area contributed by atoms with Gasteiger partial charge in [-0.05, 0) is 18.4 Å². The number of carbonyl (C=O) groups is 2. The summed E-state index contributed by atoms with van der Waals surface area (Å²) in [6, 6.07) is 8.32. The van der Waals surface area contributed by atoms with Crippen LogP contribution in [0.3, 0.4) is 0 Å². The summed E-state index contributed by atoms with van der Waals surface area (Å²) in [6.45, 7) is 3.55. The number of carboxylic acid groups (broad SMARTS) is 1. The highest BCUT2D eigenvalue weighted by atomic mass is 16.6. The number of benzene rings is 1. The van der Waals surface area contributed by atoms with Gasteiger partial charge in [-0.3, -0.25) is 4.90 Å². The van der Waals surface area contributed by atoms with E-state index in [1.165, 1.54) is 11.0 Å². The van der Waals surface area contributed by atoms with Gasteiger partial charge in [0.1, 0.15) is 12.6 Å². The van der Waals surface area contributed by atoms with Gasteiger partial charge in [0, 0.05) is 0 Å². The highest BCUT2D eigenvalue weighted by Crippen LogP contribution is 2.36. The van der Waals surface area contributed by atoms with E-state index in [1.807, 2.05) is 30.3 Å². The number of hydrogen-bond donors (Lipinski definition) is 1. The lowest BCUT2D eigenvalue weighted by Gasteiger charge is -2.27. The Balaban J connectivity index is 2.25. The Hall–Kier alpha value is -2.30. The van der Waals surface area contributed by atoms with Crippen molar-refractivity contribution >= 4 is 12.1 Å². The molecule has 1 amide bonds. The number of hydrogen-bond acceptors (Lipinski definition) is 3. The number of carbonyl (C=O) groups excluding carboxylic acids is 1. The van der Waals surface area contributed by atoms with Crippen molar-refractivity contribution in [3.05, 3.63) is 48.6 Å². The summed E-state index contributed by atoms with van der Waals surface area (Å²) in [7, 11) is 0. The molecule has 0 unspecified atom stereocenters. The molecule has 0 aliphatic carbocycles. The second kappa shape index (κ2) is 6.23. The average Bonchev–Trinajstić information content (AvgIpc) is 2.90. The summed E-state index contributed by atoms with van der Waals surface area (Å²) in [5.74, 6) is -1.00. The molecule has 1 saturated heterocycles. The van der Waals surface area contributed by atoms with Crippen LogP contribution in [0, 0.1) is 0 Å². The fourth-order valence-corrected chi connectivity index (χ4v) is 2.52. The molecule has 106 valence electrons. The highest BCUT2D eigenvalue weighted by Gasteiger charge is 2.42.